The number of nitrogens with zero attached hydrogens (tertiary/aromatic N) is 1. The van der Waals surface area contributed by atoms with Crippen LogP contribution in [0.15, 0.2) is 0 Å². The van der Waals surface area contributed by atoms with Gasteiger partial charge < -0.3 is 24.8 Å². The van der Waals surface area contributed by atoms with Crippen molar-refractivity contribution < 1.29 is 14.2 Å². The molecule has 2 heterocycles. The Bertz CT molecular complexity index is 441. The topological polar surface area (TPSA) is 80.8 Å². The van der Waals surface area contributed by atoms with Crippen molar-refractivity contribution in [3.05, 3.63) is 0 Å². The van der Waals surface area contributed by atoms with E-state index >= 15 is 0 Å². The minimum Gasteiger partial charge on any atom is -0.373 e. The molecule has 2 aliphatic heterocycles. The Morgan fingerprint density at radius 3 is 2.32 bits per heavy atom. The molecular weight excluding hydrogens is 282 g/mol. The Morgan fingerprint density at radius 1 is 1.27 bits per heavy atom. The van der Waals surface area contributed by atoms with E-state index in [0.29, 0.717) is 13.2 Å². The van der Waals surface area contributed by atoms with E-state index in [4.69, 9.17) is 25.4 Å². The number of hydrogen-bond acceptors (Lipinski definition) is 4. The summed E-state index contributed by atoms with van der Waals surface area (Å²) in [6.07, 6.45) is -0.206. The molecule has 0 aromatic carbocycles. The Hall–Kier alpha value is -0.850. The highest BCUT2D eigenvalue weighted by Crippen LogP contribution is 2.45. The normalized spacial score (nSPS) is 35.2. The molecule has 0 aromatic rings. The standard InChI is InChI=1S/C16H31N3O3/c1-10-11-12(22-15(5,6)7)16(21-10,8-19(11)13(17)18)9-20-14(2,3)4/h10-12H,8-9H2,1-7H3,(H3,17,18)/t10-,11-,12-,16+/m0/s1. The average Bonchev–Trinajstić information content (AvgIpc) is 2.73. The van der Waals surface area contributed by atoms with Gasteiger partial charge in [0.05, 0.1) is 36.5 Å². The van der Waals surface area contributed by atoms with Crippen molar-refractivity contribution in [2.24, 2.45) is 5.73 Å². The highest BCUT2D eigenvalue weighted by Gasteiger charge is 2.64. The van der Waals surface area contributed by atoms with E-state index in [1.54, 1.807) is 0 Å². The van der Waals surface area contributed by atoms with Gasteiger partial charge in [0.1, 0.15) is 11.7 Å². The molecule has 6 nitrogen and oxygen atoms in total. The summed E-state index contributed by atoms with van der Waals surface area (Å²) in [7, 11) is 0. The molecule has 2 bridgehead atoms. The zero-order valence-corrected chi connectivity index (χ0v) is 14.9. The highest BCUT2D eigenvalue weighted by atomic mass is 16.6. The summed E-state index contributed by atoms with van der Waals surface area (Å²) in [4.78, 5) is 1.89. The van der Waals surface area contributed by atoms with Crippen molar-refractivity contribution in [2.75, 3.05) is 13.2 Å². The number of guanidine groups is 1. The van der Waals surface area contributed by atoms with Gasteiger partial charge in [-0.3, -0.25) is 5.41 Å². The predicted molar refractivity (Wildman–Crippen MR) is 86.0 cm³/mol. The van der Waals surface area contributed by atoms with Crippen LogP contribution in [0.2, 0.25) is 0 Å². The third-order valence-corrected chi connectivity index (χ3v) is 4.07. The lowest BCUT2D eigenvalue weighted by Crippen LogP contribution is -2.53. The molecule has 2 saturated heterocycles. The fraction of sp³-hybridized carbons (Fsp3) is 0.938. The van der Waals surface area contributed by atoms with Crippen LogP contribution in [-0.2, 0) is 14.2 Å². The molecule has 22 heavy (non-hydrogen) atoms. The monoisotopic (exact) mass is 313 g/mol. The molecule has 128 valence electrons. The zero-order chi connectivity index (χ0) is 16.9. The van der Waals surface area contributed by atoms with Crippen LogP contribution in [0.1, 0.15) is 48.5 Å². The first-order chi connectivity index (χ1) is 9.85. The van der Waals surface area contributed by atoms with Gasteiger partial charge in [-0.05, 0) is 48.5 Å². The summed E-state index contributed by atoms with van der Waals surface area (Å²) in [6, 6.07) is -0.0414. The third-order valence-electron chi connectivity index (χ3n) is 4.07. The maximum atomic E-state index is 7.85. The number of fused-ring (bicyclic) bond motifs is 2. The average molecular weight is 313 g/mol. The van der Waals surface area contributed by atoms with E-state index in [2.05, 4.69) is 0 Å². The van der Waals surface area contributed by atoms with Crippen molar-refractivity contribution in [1.82, 2.24) is 4.90 Å². The lowest BCUT2D eigenvalue weighted by molar-refractivity contribution is -0.176. The van der Waals surface area contributed by atoms with Gasteiger partial charge >= 0.3 is 0 Å². The van der Waals surface area contributed by atoms with Crippen LogP contribution >= 0.6 is 0 Å². The van der Waals surface area contributed by atoms with E-state index in [1.165, 1.54) is 0 Å². The first-order valence-corrected chi connectivity index (χ1v) is 7.95. The quantitative estimate of drug-likeness (QED) is 0.612. The van der Waals surface area contributed by atoms with E-state index < -0.39 is 5.60 Å². The smallest absolute Gasteiger partial charge is 0.188 e. The summed E-state index contributed by atoms with van der Waals surface area (Å²) in [6.45, 7) is 15.2. The number of ether oxygens (including phenoxy) is 3. The molecule has 4 atom stereocenters. The number of hydrogen-bond donors (Lipinski definition) is 2. The van der Waals surface area contributed by atoms with Gasteiger partial charge in [0.25, 0.3) is 0 Å². The number of nitrogens with one attached hydrogen (secondary N) is 1. The summed E-state index contributed by atoms with van der Waals surface area (Å²) in [5, 5.41) is 7.85. The molecule has 0 aliphatic carbocycles. The lowest BCUT2D eigenvalue weighted by Gasteiger charge is -2.37. The summed E-state index contributed by atoms with van der Waals surface area (Å²) >= 11 is 0. The van der Waals surface area contributed by atoms with E-state index in [0.717, 1.165) is 0 Å². The van der Waals surface area contributed by atoms with Gasteiger partial charge in [-0.2, -0.15) is 0 Å². The van der Waals surface area contributed by atoms with Crippen LogP contribution in [0.5, 0.6) is 0 Å². The molecule has 0 aromatic heterocycles. The van der Waals surface area contributed by atoms with E-state index in [1.807, 2.05) is 53.4 Å². The number of likely N-dealkylation sites (tertiary alicyclic amines) is 1. The van der Waals surface area contributed by atoms with Crippen LogP contribution < -0.4 is 5.73 Å². The van der Waals surface area contributed by atoms with Gasteiger partial charge in [-0.15, -0.1) is 0 Å². The molecule has 0 saturated carbocycles. The Kier molecular flexibility index (Phi) is 4.26. The Balaban J connectivity index is 2.28. The molecule has 0 spiro atoms. The maximum Gasteiger partial charge on any atom is 0.188 e. The SMILES string of the molecule is C[C@@H]1O[C@@]2(COC(C)(C)C)CN(C(=N)N)[C@@H]1[C@@H]2OC(C)(C)C. The lowest BCUT2D eigenvalue weighted by atomic mass is 9.97. The second-order valence-electron chi connectivity index (χ2n) is 8.44. The van der Waals surface area contributed by atoms with Gasteiger partial charge in [-0.1, -0.05) is 0 Å². The summed E-state index contributed by atoms with van der Waals surface area (Å²) in [5.41, 5.74) is 4.65. The first kappa shape index (κ1) is 17.5. The molecule has 0 radical (unpaired) electrons. The molecule has 2 fully saturated rings. The fourth-order valence-electron chi connectivity index (χ4n) is 3.31. The Morgan fingerprint density at radius 2 is 1.86 bits per heavy atom. The van der Waals surface area contributed by atoms with Gasteiger partial charge in [0.15, 0.2) is 5.96 Å². The molecule has 3 N–H and O–H groups in total. The molecule has 0 amide bonds. The second-order valence-corrected chi connectivity index (χ2v) is 8.44. The van der Waals surface area contributed by atoms with Gasteiger partial charge in [0.2, 0.25) is 0 Å². The van der Waals surface area contributed by atoms with Crippen LogP contribution in [0, 0.1) is 5.41 Å². The van der Waals surface area contributed by atoms with E-state index in [9.17, 15) is 0 Å². The highest BCUT2D eigenvalue weighted by molar-refractivity contribution is 5.76. The van der Waals surface area contributed by atoms with Crippen LogP contribution in [0.4, 0.5) is 0 Å². The molecule has 2 rings (SSSR count). The largest absolute Gasteiger partial charge is 0.373 e. The predicted octanol–water partition coefficient (Wildman–Crippen LogP) is 1.72. The summed E-state index contributed by atoms with van der Waals surface area (Å²) in [5.74, 6) is 0.0697. The van der Waals surface area contributed by atoms with Crippen LogP contribution in [-0.4, -0.2) is 59.1 Å². The summed E-state index contributed by atoms with van der Waals surface area (Å²) < 4.78 is 18.6. The van der Waals surface area contributed by atoms with Crippen molar-refractivity contribution >= 4 is 5.96 Å². The van der Waals surface area contributed by atoms with Crippen LogP contribution in [0.25, 0.3) is 0 Å². The van der Waals surface area contributed by atoms with Crippen molar-refractivity contribution in [1.29, 1.82) is 5.41 Å². The molecule has 2 aliphatic rings. The number of morpholine rings is 1. The van der Waals surface area contributed by atoms with Crippen molar-refractivity contribution in [2.45, 2.75) is 83.5 Å². The number of rotatable bonds is 3. The van der Waals surface area contributed by atoms with Gasteiger partial charge in [-0.25, -0.2) is 0 Å². The molecule has 0 unspecified atom stereocenters. The van der Waals surface area contributed by atoms with Crippen LogP contribution in [0.3, 0.4) is 0 Å². The molecular formula is C16H31N3O3. The zero-order valence-electron chi connectivity index (χ0n) is 14.9. The number of nitrogens with two attached hydrogens (primary N) is 1. The maximum absolute atomic E-state index is 7.85. The fourth-order valence-corrected chi connectivity index (χ4v) is 3.31. The Labute approximate surface area is 133 Å². The van der Waals surface area contributed by atoms with Crippen molar-refractivity contribution in [3.63, 3.8) is 0 Å². The first-order valence-electron chi connectivity index (χ1n) is 7.95. The van der Waals surface area contributed by atoms with Gasteiger partial charge in [0, 0.05) is 0 Å². The minimum atomic E-state index is -0.573. The molecule has 6 heteroatoms. The van der Waals surface area contributed by atoms with E-state index in [-0.39, 0.29) is 35.4 Å². The second kappa shape index (κ2) is 5.35. The minimum absolute atomic E-state index is 0.0414. The third kappa shape index (κ3) is 3.39. The van der Waals surface area contributed by atoms with Crippen molar-refractivity contribution in [3.8, 4) is 0 Å².